The standard InChI is InChI=1S/C15H14ClN5O2/c1-2-23-14(22)10-4-3-5-11(7-6-10)19-13-8-12(16)20-15-17-9-18-21(13)15/h4-9,19H,2-3H2,1H3. The summed E-state index contributed by atoms with van der Waals surface area (Å²) in [4.78, 5) is 19.9. The first kappa shape index (κ1) is 15.2. The van der Waals surface area contributed by atoms with Gasteiger partial charge in [-0.25, -0.2) is 4.79 Å². The van der Waals surface area contributed by atoms with Crippen molar-refractivity contribution in [2.45, 2.75) is 13.3 Å². The number of hydrogen-bond donors (Lipinski definition) is 1. The second-order valence-electron chi connectivity index (χ2n) is 4.67. The van der Waals surface area contributed by atoms with Crippen LogP contribution in [0.15, 0.2) is 48.0 Å². The summed E-state index contributed by atoms with van der Waals surface area (Å²) < 4.78 is 6.55. The molecule has 1 N–H and O–H groups in total. The fourth-order valence-corrected chi connectivity index (χ4v) is 2.29. The van der Waals surface area contributed by atoms with Crippen LogP contribution in [0.1, 0.15) is 13.3 Å². The third-order valence-corrected chi connectivity index (χ3v) is 3.32. The molecule has 0 bridgehead atoms. The van der Waals surface area contributed by atoms with Crippen LogP contribution in [-0.4, -0.2) is 32.2 Å². The van der Waals surface area contributed by atoms with Crippen molar-refractivity contribution in [1.82, 2.24) is 19.6 Å². The Morgan fingerprint density at radius 3 is 3.13 bits per heavy atom. The summed E-state index contributed by atoms with van der Waals surface area (Å²) in [6.07, 6.45) is 9.27. The van der Waals surface area contributed by atoms with E-state index in [1.165, 1.54) is 6.33 Å². The van der Waals surface area contributed by atoms with E-state index < -0.39 is 0 Å². The zero-order valence-corrected chi connectivity index (χ0v) is 13.1. The molecule has 0 aliphatic heterocycles. The SMILES string of the molecule is CCOC(=O)C1=CCC=C(Nc2cc(Cl)nc3ncnn23)C=C1. The fraction of sp³-hybridized carbons (Fsp3) is 0.200. The minimum atomic E-state index is -0.330. The van der Waals surface area contributed by atoms with Gasteiger partial charge in [-0.05, 0) is 25.5 Å². The Morgan fingerprint density at radius 2 is 2.30 bits per heavy atom. The molecule has 0 saturated heterocycles. The Labute approximate surface area is 137 Å². The van der Waals surface area contributed by atoms with Crippen molar-refractivity contribution in [2.24, 2.45) is 0 Å². The highest BCUT2D eigenvalue weighted by molar-refractivity contribution is 6.29. The third-order valence-electron chi connectivity index (χ3n) is 3.12. The quantitative estimate of drug-likeness (QED) is 0.685. The third kappa shape index (κ3) is 3.40. The van der Waals surface area contributed by atoms with Crippen LogP contribution in [0.25, 0.3) is 5.78 Å². The first-order valence-corrected chi connectivity index (χ1v) is 7.44. The monoisotopic (exact) mass is 331 g/mol. The topological polar surface area (TPSA) is 81.4 Å². The van der Waals surface area contributed by atoms with Crippen LogP contribution in [0.2, 0.25) is 5.15 Å². The number of fused-ring (bicyclic) bond motifs is 1. The molecular formula is C15H14ClN5O2. The maximum atomic E-state index is 11.8. The van der Waals surface area contributed by atoms with Crippen LogP contribution in [0.5, 0.6) is 0 Å². The molecule has 0 saturated carbocycles. The van der Waals surface area contributed by atoms with Crippen LogP contribution < -0.4 is 5.32 Å². The van der Waals surface area contributed by atoms with Gasteiger partial charge in [-0.15, -0.1) is 0 Å². The summed E-state index contributed by atoms with van der Waals surface area (Å²) in [5, 5.41) is 7.62. The summed E-state index contributed by atoms with van der Waals surface area (Å²) in [6, 6.07) is 1.66. The van der Waals surface area contributed by atoms with Gasteiger partial charge in [0.15, 0.2) is 0 Å². The summed E-state index contributed by atoms with van der Waals surface area (Å²) in [5.74, 6) is 0.709. The lowest BCUT2D eigenvalue weighted by Crippen LogP contribution is -2.06. The molecule has 0 aromatic carbocycles. The number of allylic oxidation sites excluding steroid dienone is 3. The molecule has 1 aliphatic rings. The van der Waals surface area contributed by atoms with Crippen molar-refractivity contribution in [3.05, 3.63) is 53.1 Å². The van der Waals surface area contributed by atoms with Gasteiger partial charge in [-0.3, -0.25) is 0 Å². The largest absolute Gasteiger partial charge is 0.462 e. The molecule has 2 aromatic heterocycles. The Morgan fingerprint density at radius 1 is 1.43 bits per heavy atom. The maximum Gasteiger partial charge on any atom is 0.337 e. The lowest BCUT2D eigenvalue weighted by Gasteiger charge is -2.08. The zero-order chi connectivity index (χ0) is 16.2. The molecule has 1 aliphatic carbocycles. The summed E-state index contributed by atoms with van der Waals surface area (Å²) in [6.45, 7) is 2.13. The Hall–Kier alpha value is -2.67. The van der Waals surface area contributed by atoms with E-state index in [2.05, 4.69) is 20.4 Å². The van der Waals surface area contributed by atoms with Gasteiger partial charge >= 0.3 is 5.97 Å². The van der Waals surface area contributed by atoms with E-state index in [1.54, 1.807) is 29.7 Å². The number of hydrogen-bond acceptors (Lipinski definition) is 6. The second kappa shape index (κ2) is 6.62. The molecule has 0 unspecified atom stereocenters. The van der Waals surface area contributed by atoms with Crippen molar-refractivity contribution in [3.63, 3.8) is 0 Å². The lowest BCUT2D eigenvalue weighted by atomic mass is 10.2. The number of nitrogens with zero attached hydrogens (tertiary/aromatic N) is 4. The van der Waals surface area contributed by atoms with E-state index in [1.807, 2.05) is 12.2 Å². The molecule has 3 rings (SSSR count). The van der Waals surface area contributed by atoms with Crippen LogP contribution in [0.3, 0.4) is 0 Å². The number of carbonyl (C=O) groups excluding carboxylic acids is 1. The van der Waals surface area contributed by atoms with Crippen LogP contribution >= 0.6 is 11.6 Å². The van der Waals surface area contributed by atoms with Gasteiger partial charge < -0.3 is 10.1 Å². The molecule has 2 heterocycles. The molecule has 0 spiro atoms. The molecule has 0 amide bonds. The average Bonchev–Trinajstić information content (AvgIpc) is 2.86. The number of carbonyl (C=O) groups is 1. The van der Waals surface area contributed by atoms with Gasteiger partial charge in [0.2, 0.25) is 0 Å². The number of nitrogens with one attached hydrogen (secondary N) is 1. The molecular weight excluding hydrogens is 318 g/mol. The predicted molar refractivity (Wildman–Crippen MR) is 86.0 cm³/mol. The highest BCUT2D eigenvalue weighted by Crippen LogP contribution is 2.18. The van der Waals surface area contributed by atoms with Gasteiger partial charge in [0.25, 0.3) is 5.78 Å². The summed E-state index contributed by atoms with van der Waals surface area (Å²) in [7, 11) is 0. The van der Waals surface area contributed by atoms with Gasteiger partial charge in [0.1, 0.15) is 17.3 Å². The number of anilines is 1. The number of esters is 1. The maximum absolute atomic E-state index is 11.8. The molecule has 118 valence electrons. The molecule has 2 aromatic rings. The Bertz CT molecular complexity index is 838. The molecule has 8 heteroatoms. The van der Waals surface area contributed by atoms with Crippen molar-refractivity contribution < 1.29 is 9.53 Å². The number of ether oxygens (including phenoxy) is 1. The number of aromatic nitrogens is 4. The second-order valence-corrected chi connectivity index (χ2v) is 5.06. The fourth-order valence-electron chi connectivity index (χ4n) is 2.11. The van der Waals surface area contributed by atoms with E-state index in [4.69, 9.17) is 16.3 Å². The lowest BCUT2D eigenvalue weighted by molar-refractivity contribution is -0.138. The van der Waals surface area contributed by atoms with Gasteiger partial charge in [0.05, 0.1) is 12.2 Å². The van der Waals surface area contributed by atoms with E-state index in [0.717, 1.165) is 5.70 Å². The normalized spacial score (nSPS) is 14.2. The predicted octanol–water partition coefficient (Wildman–Crippen LogP) is 2.52. The van der Waals surface area contributed by atoms with E-state index in [0.29, 0.717) is 35.3 Å². The highest BCUT2D eigenvalue weighted by atomic mass is 35.5. The van der Waals surface area contributed by atoms with E-state index in [-0.39, 0.29) is 5.97 Å². The highest BCUT2D eigenvalue weighted by Gasteiger charge is 2.11. The van der Waals surface area contributed by atoms with Gasteiger partial charge in [-0.2, -0.15) is 19.6 Å². The van der Waals surface area contributed by atoms with Crippen LogP contribution in [-0.2, 0) is 9.53 Å². The first-order valence-electron chi connectivity index (χ1n) is 7.06. The molecule has 23 heavy (non-hydrogen) atoms. The molecule has 0 atom stereocenters. The van der Waals surface area contributed by atoms with E-state index in [9.17, 15) is 4.79 Å². The minimum absolute atomic E-state index is 0.316. The van der Waals surface area contributed by atoms with Crippen molar-refractivity contribution >= 4 is 29.2 Å². The molecule has 7 nitrogen and oxygen atoms in total. The Balaban J connectivity index is 1.81. The summed E-state index contributed by atoms with van der Waals surface area (Å²) >= 11 is 5.99. The first-order chi connectivity index (χ1) is 11.2. The summed E-state index contributed by atoms with van der Waals surface area (Å²) in [5.41, 5.74) is 1.33. The smallest absolute Gasteiger partial charge is 0.337 e. The number of rotatable bonds is 4. The Kier molecular flexibility index (Phi) is 4.38. The van der Waals surface area contributed by atoms with Crippen molar-refractivity contribution in [2.75, 3.05) is 11.9 Å². The molecule has 0 radical (unpaired) electrons. The molecule has 0 fully saturated rings. The average molecular weight is 332 g/mol. The van der Waals surface area contributed by atoms with Crippen LogP contribution in [0.4, 0.5) is 5.82 Å². The zero-order valence-electron chi connectivity index (χ0n) is 12.4. The van der Waals surface area contributed by atoms with Crippen molar-refractivity contribution in [1.29, 1.82) is 0 Å². The van der Waals surface area contributed by atoms with Gasteiger partial charge in [0, 0.05) is 11.8 Å². The van der Waals surface area contributed by atoms with Gasteiger partial charge in [-0.1, -0.05) is 23.8 Å². The van der Waals surface area contributed by atoms with E-state index >= 15 is 0 Å². The van der Waals surface area contributed by atoms with Crippen LogP contribution in [0, 0.1) is 0 Å². The minimum Gasteiger partial charge on any atom is -0.462 e. The van der Waals surface area contributed by atoms with Crippen molar-refractivity contribution in [3.8, 4) is 0 Å². The number of halogens is 1.